The van der Waals surface area contributed by atoms with E-state index in [1.165, 1.54) is 7.11 Å². The molecule has 1 aromatic carbocycles. The zero-order chi connectivity index (χ0) is 19.6. The molecular weight excluding hydrogens is 368 g/mol. The van der Waals surface area contributed by atoms with Crippen LogP contribution in [0, 0.1) is 5.92 Å². The molecule has 2 atom stereocenters. The van der Waals surface area contributed by atoms with Crippen LogP contribution in [-0.4, -0.2) is 46.6 Å². The average molecular weight is 391 g/mol. The Morgan fingerprint density at radius 2 is 2.11 bits per heavy atom. The number of nitrogens with one attached hydrogen (secondary N) is 2. The number of urea groups is 1. The lowest BCUT2D eigenvalue weighted by molar-refractivity contribution is -0.144. The molecule has 27 heavy (non-hydrogen) atoms. The lowest BCUT2D eigenvalue weighted by Gasteiger charge is -2.36. The zero-order valence-electron chi connectivity index (χ0n) is 15.5. The fraction of sp³-hybridized carbons (Fsp3) is 0.421. The third-order valence-electron chi connectivity index (χ3n) is 4.79. The van der Waals surface area contributed by atoms with E-state index in [9.17, 15) is 9.59 Å². The van der Waals surface area contributed by atoms with Crippen LogP contribution in [0.25, 0.3) is 0 Å². The molecule has 3 rings (SSSR count). The van der Waals surface area contributed by atoms with Gasteiger partial charge in [0.1, 0.15) is 12.1 Å². The van der Waals surface area contributed by atoms with Gasteiger partial charge in [-0.3, -0.25) is 0 Å². The Labute approximate surface area is 163 Å². The van der Waals surface area contributed by atoms with Gasteiger partial charge in [-0.15, -0.1) is 0 Å². The molecule has 2 unspecified atom stereocenters. The van der Waals surface area contributed by atoms with Gasteiger partial charge in [0.2, 0.25) is 0 Å². The van der Waals surface area contributed by atoms with E-state index >= 15 is 0 Å². The van der Waals surface area contributed by atoms with Crippen molar-refractivity contribution in [3.63, 3.8) is 0 Å². The molecule has 2 heterocycles. The Bertz CT molecular complexity index is 836. The van der Waals surface area contributed by atoms with Gasteiger partial charge in [0.05, 0.1) is 19.1 Å². The van der Waals surface area contributed by atoms with E-state index in [4.69, 9.17) is 16.3 Å². The maximum absolute atomic E-state index is 13.1. The zero-order valence-corrected chi connectivity index (χ0v) is 16.3. The number of benzene rings is 1. The molecule has 144 valence electrons. The fourth-order valence-corrected chi connectivity index (χ4v) is 3.59. The van der Waals surface area contributed by atoms with Gasteiger partial charge in [-0.1, -0.05) is 43.6 Å². The minimum absolute atomic E-state index is 0.106. The highest BCUT2D eigenvalue weighted by atomic mass is 35.5. The van der Waals surface area contributed by atoms with Gasteiger partial charge in [-0.25, -0.2) is 14.6 Å². The van der Waals surface area contributed by atoms with E-state index in [0.29, 0.717) is 18.0 Å². The number of amides is 2. The number of carbonyl (C=O) groups excluding carboxylic acids is 2. The summed E-state index contributed by atoms with van der Waals surface area (Å²) in [6.07, 6.45) is 2.27. The molecule has 0 saturated heterocycles. The average Bonchev–Trinajstić information content (AvgIpc) is 3.13. The molecule has 1 aliphatic heterocycles. The predicted octanol–water partition coefficient (Wildman–Crippen LogP) is 2.92. The molecule has 1 aromatic heterocycles. The first-order valence-corrected chi connectivity index (χ1v) is 9.23. The minimum atomic E-state index is -0.727. The van der Waals surface area contributed by atoms with Gasteiger partial charge < -0.3 is 19.9 Å². The van der Waals surface area contributed by atoms with Crippen molar-refractivity contribution in [3.05, 3.63) is 52.6 Å². The van der Waals surface area contributed by atoms with Crippen LogP contribution in [0.5, 0.6) is 0 Å². The van der Waals surface area contributed by atoms with Crippen molar-refractivity contribution in [1.29, 1.82) is 0 Å². The number of halogens is 1. The predicted molar refractivity (Wildman–Crippen MR) is 101 cm³/mol. The summed E-state index contributed by atoms with van der Waals surface area (Å²) in [4.78, 5) is 34.4. The summed E-state index contributed by atoms with van der Waals surface area (Å²) >= 11 is 6.42. The molecule has 2 aromatic rings. The summed E-state index contributed by atoms with van der Waals surface area (Å²) in [6.45, 7) is 4.19. The molecule has 7 nitrogen and oxygen atoms in total. The van der Waals surface area contributed by atoms with Crippen LogP contribution >= 0.6 is 11.6 Å². The highest BCUT2D eigenvalue weighted by Crippen LogP contribution is 2.36. The molecule has 0 aliphatic carbocycles. The maximum atomic E-state index is 13.1. The van der Waals surface area contributed by atoms with Crippen molar-refractivity contribution in [3.8, 4) is 0 Å². The molecule has 0 bridgehead atoms. The number of methoxy groups -OCH3 is 1. The quantitative estimate of drug-likeness (QED) is 0.786. The molecule has 0 saturated carbocycles. The third-order valence-corrected chi connectivity index (χ3v) is 5.13. The van der Waals surface area contributed by atoms with Crippen molar-refractivity contribution in [2.75, 3.05) is 13.7 Å². The number of fused-ring (bicyclic) bond motifs is 1. The SMILES string of the molecule is COC(=O)C(NC(=O)N1CCc2[nH]cnc2C1c1ccccc1Cl)C(C)C. The molecule has 8 heteroatoms. The van der Waals surface area contributed by atoms with Crippen LogP contribution in [0.1, 0.15) is 36.8 Å². The number of hydrogen-bond acceptors (Lipinski definition) is 4. The summed E-state index contributed by atoms with van der Waals surface area (Å²) in [5.74, 6) is -0.573. The smallest absolute Gasteiger partial charge is 0.328 e. The fourth-order valence-electron chi connectivity index (χ4n) is 3.35. The molecule has 0 fully saturated rings. The summed E-state index contributed by atoms with van der Waals surface area (Å²) < 4.78 is 4.83. The number of nitrogens with zero attached hydrogens (tertiary/aromatic N) is 2. The highest BCUT2D eigenvalue weighted by Gasteiger charge is 2.37. The Morgan fingerprint density at radius 3 is 2.78 bits per heavy atom. The largest absolute Gasteiger partial charge is 0.467 e. The number of carbonyl (C=O) groups is 2. The molecule has 2 N–H and O–H groups in total. The number of esters is 1. The second-order valence-corrected chi connectivity index (χ2v) is 7.24. The van der Waals surface area contributed by atoms with E-state index in [2.05, 4.69) is 15.3 Å². The van der Waals surface area contributed by atoms with E-state index in [1.54, 1.807) is 17.3 Å². The van der Waals surface area contributed by atoms with Crippen molar-refractivity contribution in [2.24, 2.45) is 5.92 Å². The standard InChI is InChI=1S/C19H23ClN4O3/c1-11(2)15(18(25)27-3)23-19(26)24-9-8-14-16(22-10-21-14)17(24)12-6-4-5-7-13(12)20/h4-7,10-11,15,17H,8-9H2,1-3H3,(H,21,22)(H,23,26). The van der Waals surface area contributed by atoms with Crippen molar-refractivity contribution in [1.82, 2.24) is 20.2 Å². The number of hydrogen-bond donors (Lipinski definition) is 2. The first-order chi connectivity index (χ1) is 12.9. The van der Waals surface area contributed by atoms with Crippen LogP contribution in [0.2, 0.25) is 5.02 Å². The number of rotatable bonds is 4. The van der Waals surface area contributed by atoms with Gasteiger partial charge >= 0.3 is 12.0 Å². The number of imidazole rings is 1. The van der Waals surface area contributed by atoms with E-state index < -0.39 is 18.1 Å². The first kappa shape index (κ1) is 19.2. The number of ether oxygens (including phenoxy) is 1. The van der Waals surface area contributed by atoms with Crippen molar-refractivity contribution >= 4 is 23.6 Å². The summed E-state index contributed by atoms with van der Waals surface area (Å²) in [5, 5.41) is 3.37. The van der Waals surface area contributed by atoms with Crippen LogP contribution in [0.15, 0.2) is 30.6 Å². The molecule has 2 amide bonds. The van der Waals surface area contributed by atoms with E-state index in [1.807, 2.05) is 32.0 Å². The monoisotopic (exact) mass is 390 g/mol. The Balaban J connectivity index is 1.95. The third kappa shape index (κ3) is 3.78. The number of aromatic nitrogens is 2. The second kappa shape index (κ2) is 8.00. The molecular formula is C19H23ClN4O3. The van der Waals surface area contributed by atoms with Crippen LogP contribution in [0.3, 0.4) is 0 Å². The van der Waals surface area contributed by atoms with Gasteiger partial charge in [0.25, 0.3) is 0 Å². The van der Waals surface area contributed by atoms with E-state index in [-0.39, 0.29) is 11.9 Å². The second-order valence-electron chi connectivity index (χ2n) is 6.83. The minimum Gasteiger partial charge on any atom is -0.467 e. The lowest BCUT2D eigenvalue weighted by atomic mass is 9.95. The van der Waals surface area contributed by atoms with Gasteiger partial charge in [-0.2, -0.15) is 0 Å². The summed E-state index contributed by atoms with van der Waals surface area (Å²) in [6, 6.07) is 5.89. The molecule has 0 spiro atoms. The van der Waals surface area contributed by atoms with Crippen molar-refractivity contribution in [2.45, 2.75) is 32.4 Å². The molecule has 1 aliphatic rings. The van der Waals surface area contributed by atoms with Crippen LogP contribution in [0.4, 0.5) is 4.79 Å². The Kier molecular flexibility index (Phi) is 5.70. The lowest BCUT2D eigenvalue weighted by Crippen LogP contribution is -2.53. The van der Waals surface area contributed by atoms with Gasteiger partial charge in [0.15, 0.2) is 0 Å². The molecule has 0 radical (unpaired) electrons. The maximum Gasteiger partial charge on any atom is 0.328 e. The van der Waals surface area contributed by atoms with Crippen LogP contribution < -0.4 is 5.32 Å². The first-order valence-electron chi connectivity index (χ1n) is 8.85. The van der Waals surface area contributed by atoms with Gasteiger partial charge in [-0.05, 0) is 17.5 Å². The number of aromatic amines is 1. The summed E-state index contributed by atoms with van der Waals surface area (Å²) in [7, 11) is 1.31. The summed E-state index contributed by atoms with van der Waals surface area (Å²) in [5.41, 5.74) is 2.54. The topological polar surface area (TPSA) is 87.3 Å². The van der Waals surface area contributed by atoms with E-state index in [0.717, 1.165) is 17.0 Å². The van der Waals surface area contributed by atoms with Crippen LogP contribution in [-0.2, 0) is 16.0 Å². The normalized spacial score (nSPS) is 17.4. The Morgan fingerprint density at radius 1 is 1.37 bits per heavy atom. The van der Waals surface area contributed by atoms with Crippen molar-refractivity contribution < 1.29 is 14.3 Å². The highest BCUT2D eigenvalue weighted by molar-refractivity contribution is 6.31. The number of H-pyrrole nitrogens is 1. The Hall–Kier alpha value is -2.54. The van der Waals surface area contributed by atoms with Gasteiger partial charge in [0, 0.05) is 23.7 Å².